The Balaban J connectivity index is 1.27. The van der Waals surface area contributed by atoms with Crippen LogP contribution in [-0.2, 0) is 6.54 Å². The van der Waals surface area contributed by atoms with Crippen LogP contribution in [0.3, 0.4) is 0 Å². The minimum absolute atomic E-state index is 0.711. The number of nitrogens with one attached hydrogen (secondary N) is 1. The van der Waals surface area contributed by atoms with E-state index >= 15 is 0 Å². The lowest BCUT2D eigenvalue weighted by atomic mass is 9.84. The molecule has 1 aliphatic heterocycles. The lowest BCUT2D eigenvalue weighted by Crippen LogP contribution is -2.19. The maximum Gasteiger partial charge on any atom is 0.0861 e. The van der Waals surface area contributed by atoms with Crippen LogP contribution in [0.25, 0.3) is 82.9 Å². The summed E-state index contributed by atoms with van der Waals surface area (Å²) in [4.78, 5) is 4.67. The molecule has 0 spiro atoms. The van der Waals surface area contributed by atoms with Gasteiger partial charge in [-0.3, -0.25) is 4.98 Å². The zero-order valence-corrected chi connectivity index (χ0v) is 26.8. The molecular formula is C46H31N3. The van der Waals surface area contributed by atoms with Crippen molar-refractivity contribution in [3.05, 3.63) is 181 Å². The first-order valence-electron chi connectivity index (χ1n) is 16.9. The molecule has 0 amide bonds. The second kappa shape index (κ2) is 11.1. The zero-order chi connectivity index (χ0) is 32.3. The smallest absolute Gasteiger partial charge is 0.0861 e. The van der Waals surface area contributed by atoms with Crippen molar-refractivity contribution in [1.29, 1.82) is 0 Å². The SMILES string of the molecule is C1=C(c2ccccn2)NCc2c1c1cc(-c3c4ccccc4c(-c4cccc5ccccc45)c4ccccc34)ccc1n2-c1ccccc1. The summed E-state index contributed by atoms with van der Waals surface area (Å²) < 4.78 is 2.41. The van der Waals surface area contributed by atoms with Gasteiger partial charge in [0.25, 0.3) is 0 Å². The van der Waals surface area contributed by atoms with Crippen molar-refractivity contribution >= 4 is 55.0 Å². The third kappa shape index (κ3) is 4.33. The Labute approximate surface area is 284 Å². The highest BCUT2D eigenvalue weighted by molar-refractivity contribution is 6.24. The molecule has 2 aromatic heterocycles. The van der Waals surface area contributed by atoms with Crippen LogP contribution >= 0.6 is 0 Å². The summed E-state index contributed by atoms with van der Waals surface area (Å²) in [5, 5.41) is 12.5. The van der Waals surface area contributed by atoms with Crippen molar-refractivity contribution < 1.29 is 0 Å². The van der Waals surface area contributed by atoms with Gasteiger partial charge < -0.3 is 9.88 Å². The van der Waals surface area contributed by atoms with E-state index in [1.165, 1.54) is 76.7 Å². The Morgan fingerprint density at radius 3 is 1.92 bits per heavy atom. The molecule has 0 unspecified atom stereocenters. The number of aromatic nitrogens is 2. The van der Waals surface area contributed by atoms with Gasteiger partial charge >= 0.3 is 0 Å². The molecule has 3 nitrogen and oxygen atoms in total. The summed E-state index contributed by atoms with van der Waals surface area (Å²) in [5.41, 5.74) is 11.9. The fourth-order valence-electron chi connectivity index (χ4n) is 7.96. The van der Waals surface area contributed by atoms with E-state index in [0.717, 1.165) is 17.1 Å². The molecular weight excluding hydrogens is 595 g/mol. The maximum absolute atomic E-state index is 4.67. The zero-order valence-electron chi connectivity index (χ0n) is 26.8. The standard InChI is InChI=1S/C46H31N3/c1-2-15-32(16-3-1)49-43-25-24-31(27-39(43)40-28-42(48-29-44(40)49)41-23-10-11-26-47-41)45-35-18-6-8-20-37(35)46(38-21-9-7-19-36(38)45)34-22-12-14-30-13-4-5-17-33(30)34/h1-28,48H,29H2. The average Bonchev–Trinajstić information content (AvgIpc) is 3.50. The summed E-state index contributed by atoms with van der Waals surface area (Å²) in [5.74, 6) is 0. The van der Waals surface area contributed by atoms with Gasteiger partial charge in [-0.05, 0) is 97.0 Å². The normalized spacial score (nSPS) is 12.7. The Hall–Kier alpha value is -6.45. The van der Waals surface area contributed by atoms with Gasteiger partial charge in [0.2, 0.25) is 0 Å². The number of hydrogen-bond acceptors (Lipinski definition) is 2. The summed E-state index contributed by atoms with van der Waals surface area (Å²) in [6, 6.07) is 57.1. The molecule has 0 aliphatic carbocycles. The Morgan fingerprint density at radius 2 is 1.18 bits per heavy atom. The predicted molar refractivity (Wildman–Crippen MR) is 206 cm³/mol. The van der Waals surface area contributed by atoms with Crippen LogP contribution < -0.4 is 5.32 Å². The Bertz CT molecular complexity index is 2690. The highest BCUT2D eigenvalue weighted by Gasteiger charge is 2.24. The average molecular weight is 626 g/mol. The first kappa shape index (κ1) is 27.6. The molecule has 0 atom stereocenters. The lowest BCUT2D eigenvalue weighted by molar-refractivity contribution is 0.814. The van der Waals surface area contributed by atoms with Crippen molar-refractivity contribution in [1.82, 2.24) is 14.9 Å². The third-order valence-electron chi connectivity index (χ3n) is 10.1. The van der Waals surface area contributed by atoms with Gasteiger partial charge in [-0.15, -0.1) is 0 Å². The van der Waals surface area contributed by atoms with E-state index in [-0.39, 0.29) is 0 Å². The van der Waals surface area contributed by atoms with Crippen LogP contribution in [0.5, 0.6) is 0 Å². The first-order chi connectivity index (χ1) is 24.3. The fourth-order valence-corrected chi connectivity index (χ4v) is 7.96. The molecule has 1 N–H and O–H groups in total. The molecule has 0 saturated carbocycles. The van der Waals surface area contributed by atoms with Crippen molar-refractivity contribution in [3.8, 4) is 27.9 Å². The molecule has 49 heavy (non-hydrogen) atoms. The molecule has 0 saturated heterocycles. The molecule has 0 fully saturated rings. The van der Waals surface area contributed by atoms with Crippen LogP contribution in [0.4, 0.5) is 0 Å². The molecule has 0 bridgehead atoms. The summed E-state index contributed by atoms with van der Waals surface area (Å²) in [6.45, 7) is 0.711. The Morgan fingerprint density at radius 1 is 0.531 bits per heavy atom. The van der Waals surface area contributed by atoms with Gasteiger partial charge in [0, 0.05) is 22.8 Å². The first-order valence-corrected chi connectivity index (χ1v) is 16.9. The van der Waals surface area contributed by atoms with Gasteiger partial charge in [-0.1, -0.05) is 121 Å². The minimum Gasteiger partial charge on any atom is -0.378 e. The van der Waals surface area contributed by atoms with E-state index in [4.69, 9.17) is 0 Å². The van der Waals surface area contributed by atoms with E-state index in [0.29, 0.717) is 6.54 Å². The predicted octanol–water partition coefficient (Wildman–Crippen LogP) is 11.4. The fraction of sp³-hybridized carbons (Fsp3) is 0.0217. The van der Waals surface area contributed by atoms with E-state index in [2.05, 4.69) is 167 Å². The van der Waals surface area contributed by atoms with Crippen LogP contribution in [0.1, 0.15) is 17.0 Å². The van der Waals surface area contributed by atoms with Gasteiger partial charge in [-0.25, -0.2) is 0 Å². The van der Waals surface area contributed by atoms with E-state index in [1.807, 2.05) is 18.3 Å². The largest absolute Gasteiger partial charge is 0.378 e. The second-order valence-corrected chi connectivity index (χ2v) is 12.8. The van der Waals surface area contributed by atoms with Gasteiger partial charge in [0.1, 0.15) is 0 Å². The maximum atomic E-state index is 4.67. The summed E-state index contributed by atoms with van der Waals surface area (Å²) in [6.07, 6.45) is 4.14. The molecule has 230 valence electrons. The van der Waals surface area contributed by atoms with Crippen molar-refractivity contribution in [2.24, 2.45) is 0 Å². The number of pyridine rings is 1. The number of para-hydroxylation sites is 1. The number of nitrogens with zero attached hydrogens (tertiary/aromatic N) is 2. The topological polar surface area (TPSA) is 29.9 Å². The van der Waals surface area contributed by atoms with Gasteiger partial charge in [0.05, 0.1) is 29.1 Å². The minimum atomic E-state index is 0.711. The number of fused-ring (bicyclic) bond motifs is 6. The van der Waals surface area contributed by atoms with E-state index in [9.17, 15) is 0 Å². The van der Waals surface area contributed by atoms with E-state index in [1.54, 1.807) is 0 Å². The quantitative estimate of drug-likeness (QED) is 0.197. The molecule has 3 heteroatoms. The van der Waals surface area contributed by atoms with Crippen LogP contribution in [0.2, 0.25) is 0 Å². The van der Waals surface area contributed by atoms with E-state index < -0.39 is 0 Å². The van der Waals surface area contributed by atoms with Crippen molar-refractivity contribution in [3.63, 3.8) is 0 Å². The van der Waals surface area contributed by atoms with Crippen LogP contribution in [-0.4, -0.2) is 9.55 Å². The summed E-state index contributed by atoms with van der Waals surface area (Å²) >= 11 is 0. The van der Waals surface area contributed by atoms with Crippen molar-refractivity contribution in [2.75, 3.05) is 0 Å². The molecule has 0 radical (unpaired) electrons. The highest BCUT2D eigenvalue weighted by atomic mass is 15.0. The molecule has 3 heterocycles. The van der Waals surface area contributed by atoms with Crippen LogP contribution in [0.15, 0.2) is 164 Å². The molecule has 1 aliphatic rings. The van der Waals surface area contributed by atoms with Crippen LogP contribution in [0, 0.1) is 0 Å². The highest BCUT2D eigenvalue weighted by Crippen LogP contribution is 2.46. The van der Waals surface area contributed by atoms with Gasteiger partial charge in [-0.2, -0.15) is 0 Å². The molecule has 10 rings (SSSR count). The lowest BCUT2D eigenvalue weighted by Gasteiger charge is -2.19. The number of hydrogen-bond donors (Lipinski definition) is 1. The number of benzene rings is 7. The number of rotatable bonds is 4. The van der Waals surface area contributed by atoms with Gasteiger partial charge in [0.15, 0.2) is 0 Å². The molecule has 7 aromatic carbocycles. The second-order valence-electron chi connectivity index (χ2n) is 12.8. The monoisotopic (exact) mass is 625 g/mol. The molecule has 9 aromatic rings. The summed E-state index contributed by atoms with van der Waals surface area (Å²) in [7, 11) is 0. The Kier molecular flexibility index (Phi) is 6.25. The van der Waals surface area contributed by atoms with Crippen molar-refractivity contribution in [2.45, 2.75) is 6.54 Å². The third-order valence-corrected chi connectivity index (χ3v) is 10.1.